The summed E-state index contributed by atoms with van der Waals surface area (Å²) in [6.07, 6.45) is 1.96. The van der Waals surface area contributed by atoms with Gasteiger partial charge in [-0.1, -0.05) is 6.07 Å². The topological polar surface area (TPSA) is 121 Å². The molecule has 10 heteroatoms. The molecule has 2 aromatic heterocycles. The number of benzene rings is 1. The minimum atomic E-state index is -3.91. The average Bonchev–Trinajstić information content (AvgIpc) is 3.22. The van der Waals surface area contributed by atoms with Crippen LogP contribution in [0.25, 0.3) is 5.82 Å². The van der Waals surface area contributed by atoms with Gasteiger partial charge in [-0.15, -0.1) is 0 Å². The largest absolute Gasteiger partial charge is 0.495 e. The van der Waals surface area contributed by atoms with E-state index in [2.05, 4.69) is 10.4 Å². The molecule has 0 aliphatic rings. The lowest BCUT2D eigenvalue weighted by atomic mass is 10.1. The number of ether oxygens (including phenoxy) is 1. The fourth-order valence-electron chi connectivity index (χ4n) is 3.37. The number of nitrogens with one attached hydrogen (secondary N) is 1. The number of methoxy groups -OCH3 is 1. The number of amides is 1. The molecule has 0 aliphatic heterocycles. The predicted molar refractivity (Wildman–Crippen MR) is 112 cm³/mol. The van der Waals surface area contributed by atoms with Crippen molar-refractivity contribution in [3.8, 4) is 11.6 Å². The molecular weight excluding hydrogens is 406 g/mol. The van der Waals surface area contributed by atoms with Crippen molar-refractivity contribution >= 4 is 15.9 Å². The van der Waals surface area contributed by atoms with Crippen molar-refractivity contribution in [3.05, 3.63) is 59.0 Å². The third-order valence-electron chi connectivity index (χ3n) is 4.87. The molecule has 0 spiro atoms. The molecule has 9 nitrogen and oxygen atoms in total. The molecule has 0 saturated carbocycles. The zero-order valence-electron chi connectivity index (χ0n) is 17.3. The van der Waals surface area contributed by atoms with Crippen LogP contribution in [0.4, 0.5) is 0 Å². The first-order chi connectivity index (χ1) is 14.1. The second-order valence-electron chi connectivity index (χ2n) is 6.99. The molecule has 0 atom stereocenters. The molecule has 3 aromatic rings. The van der Waals surface area contributed by atoms with Crippen molar-refractivity contribution < 1.29 is 17.9 Å². The van der Waals surface area contributed by atoms with Gasteiger partial charge in [0.2, 0.25) is 10.0 Å². The maximum Gasteiger partial charge on any atom is 0.256 e. The fourth-order valence-corrected chi connectivity index (χ4v) is 4.12. The maximum atomic E-state index is 12.8. The lowest BCUT2D eigenvalue weighted by Gasteiger charge is -2.13. The Morgan fingerprint density at radius 2 is 1.87 bits per heavy atom. The average molecular weight is 432 g/mol. The number of aromatic nitrogens is 3. The van der Waals surface area contributed by atoms with Crippen LogP contribution in [0.15, 0.2) is 41.4 Å². The first-order valence-corrected chi connectivity index (χ1v) is 10.8. The van der Waals surface area contributed by atoms with Crippen LogP contribution in [0.3, 0.4) is 0 Å². The van der Waals surface area contributed by atoms with E-state index in [1.165, 1.54) is 19.4 Å². The van der Waals surface area contributed by atoms with Crippen LogP contribution in [0, 0.1) is 13.8 Å². The summed E-state index contributed by atoms with van der Waals surface area (Å²) < 4.78 is 32.2. The Bertz CT molecular complexity index is 1170. The maximum absolute atomic E-state index is 12.8. The Morgan fingerprint density at radius 1 is 1.20 bits per heavy atom. The Balaban J connectivity index is 1.76. The van der Waals surface area contributed by atoms with Crippen molar-refractivity contribution in [2.24, 2.45) is 12.2 Å². The quantitative estimate of drug-likeness (QED) is 0.587. The second-order valence-corrected chi connectivity index (χ2v) is 8.52. The van der Waals surface area contributed by atoms with E-state index in [-0.39, 0.29) is 16.6 Å². The van der Waals surface area contributed by atoms with Gasteiger partial charge in [0.15, 0.2) is 0 Å². The first kappa shape index (κ1) is 21.6. The van der Waals surface area contributed by atoms with Gasteiger partial charge in [0.25, 0.3) is 5.91 Å². The van der Waals surface area contributed by atoms with Gasteiger partial charge in [-0.2, -0.15) is 5.10 Å². The van der Waals surface area contributed by atoms with Gasteiger partial charge in [-0.3, -0.25) is 9.48 Å². The number of carbonyl (C=O) groups is 1. The minimum Gasteiger partial charge on any atom is -0.495 e. The zero-order chi connectivity index (χ0) is 22.1. The Morgan fingerprint density at radius 3 is 2.47 bits per heavy atom. The number of rotatable bonds is 7. The summed E-state index contributed by atoms with van der Waals surface area (Å²) >= 11 is 0. The van der Waals surface area contributed by atoms with Crippen molar-refractivity contribution in [3.63, 3.8) is 0 Å². The standard InChI is InChI=1S/C20H25N5O4S/c1-13-5-6-14(2)25(13)20-16(12-23-24(20)3)19(26)22-10-9-15-7-8-17(29-4)18(11-15)30(21,27)28/h5-8,11-12H,9-10H2,1-4H3,(H,22,26)(H2,21,27,28). The van der Waals surface area contributed by atoms with E-state index >= 15 is 0 Å². The molecule has 1 aromatic carbocycles. The highest BCUT2D eigenvalue weighted by Crippen LogP contribution is 2.24. The molecule has 2 heterocycles. The molecule has 0 bridgehead atoms. The lowest BCUT2D eigenvalue weighted by Crippen LogP contribution is -2.27. The predicted octanol–water partition coefficient (Wildman–Crippen LogP) is 1.46. The SMILES string of the molecule is COc1ccc(CCNC(=O)c2cnn(C)c2-n2c(C)ccc2C)cc1S(N)(=O)=O. The summed E-state index contributed by atoms with van der Waals surface area (Å²) in [6, 6.07) is 8.71. The lowest BCUT2D eigenvalue weighted by molar-refractivity contribution is 0.0954. The normalized spacial score (nSPS) is 11.5. The van der Waals surface area contributed by atoms with E-state index in [1.807, 2.05) is 30.5 Å². The molecule has 3 N–H and O–H groups in total. The van der Waals surface area contributed by atoms with E-state index in [4.69, 9.17) is 9.88 Å². The summed E-state index contributed by atoms with van der Waals surface area (Å²) in [5.41, 5.74) is 3.17. The van der Waals surface area contributed by atoms with Crippen LogP contribution in [-0.2, 0) is 23.5 Å². The number of carbonyl (C=O) groups excluding carboxylic acids is 1. The Labute approximate surface area is 175 Å². The highest BCUT2D eigenvalue weighted by molar-refractivity contribution is 7.89. The van der Waals surface area contributed by atoms with Crippen LogP contribution < -0.4 is 15.2 Å². The molecule has 160 valence electrons. The monoisotopic (exact) mass is 431 g/mol. The Hall–Kier alpha value is -3.11. The summed E-state index contributed by atoms with van der Waals surface area (Å²) in [5, 5.41) is 12.4. The summed E-state index contributed by atoms with van der Waals surface area (Å²) in [7, 11) is -0.747. The summed E-state index contributed by atoms with van der Waals surface area (Å²) in [6.45, 7) is 4.25. The van der Waals surface area contributed by atoms with Crippen molar-refractivity contribution in [2.75, 3.05) is 13.7 Å². The van der Waals surface area contributed by atoms with E-state index in [9.17, 15) is 13.2 Å². The van der Waals surface area contributed by atoms with Gasteiger partial charge in [0.05, 0.1) is 13.3 Å². The van der Waals surface area contributed by atoms with Crippen molar-refractivity contribution in [2.45, 2.75) is 25.2 Å². The Kier molecular flexibility index (Phi) is 5.99. The fraction of sp³-hybridized carbons (Fsp3) is 0.300. The van der Waals surface area contributed by atoms with Crippen LogP contribution >= 0.6 is 0 Å². The molecule has 30 heavy (non-hydrogen) atoms. The molecule has 3 rings (SSSR count). The van der Waals surface area contributed by atoms with Crippen LogP contribution in [0.5, 0.6) is 5.75 Å². The number of aryl methyl sites for hydroxylation is 3. The minimum absolute atomic E-state index is 0.0815. The van der Waals surface area contributed by atoms with E-state index in [0.717, 1.165) is 11.4 Å². The van der Waals surface area contributed by atoms with Gasteiger partial charge in [-0.05, 0) is 50.1 Å². The first-order valence-electron chi connectivity index (χ1n) is 9.28. The number of nitrogens with two attached hydrogens (primary N) is 1. The molecule has 0 saturated heterocycles. The third-order valence-corrected chi connectivity index (χ3v) is 5.80. The molecule has 0 aliphatic carbocycles. The van der Waals surface area contributed by atoms with E-state index in [1.54, 1.807) is 23.9 Å². The molecule has 0 unspecified atom stereocenters. The van der Waals surface area contributed by atoms with Crippen LogP contribution in [0.2, 0.25) is 0 Å². The van der Waals surface area contributed by atoms with Gasteiger partial charge in [0, 0.05) is 25.0 Å². The van der Waals surface area contributed by atoms with Crippen LogP contribution in [0.1, 0.15) is 27.3 Å². The molecular formula is C20H25N5O4S. The molecule has 0 fully saturated rings. The van der Waals surface area contributed by atoms with Gasteiger partial charge >= 0.3 is 0 Å². The zero-order valence-corrected chi connectivity index (χ0v) is 18.2. The number of sulfonamides is 1. The van der Waals surface area contributed by atoms with E-state index < -0.39 is 10.0 Å². The summed E-state index contributed by atoms with van der Waals surface area (Å²) in [4.78, 5) is 12.7. The molecule has 0 radical (unpaired) electrons. The summed E-state index contributed by atoms with van der Waals surface area (Å²) in [5.74, 6) is 0.613. The van der Waals surface area contributed by atoms with Crippen LogP contribution in [-0.4, -0.2) is 42.3 Å². The highest BCUT2D eigenvalue weighted by atomic mass is 32.2. The number of primary sulfonamides is 1. The third kappa shape index (κ3) is 4.24. The second kappa shape index (κ2) is 8.33. The smallest absolute Gasteiger partial charge is 0.256 e. The van der Waals surface area contributed by atoms with Crippen molar-refractivity contribution in [1.82, 2.24) is 19.7 Å². The number of hydrogen-bond acceptors (Lipinski definition) is 5. The molecule has 1 amide bonds. The number of nitrogens with zero attached hydrogens (tertiary/aromatic N) is 3. The highest BCUT2D eigenvalue weighted by Gasteiger charge is 2.20. The van der Waals surface area contributed by atoms with Crippen molar-refractivity contribution in [1.29, 1.82) is 0 Å². The number of hydrogen-bond donors (Lipinski definition) is 2. The van der Waals surface area contributed by atoms with Gasteiger partial charge in [-0.25, -0.2) is 13.6 Å². The van der Waals surface area contributed by atoms with E-state index in [0.29, 0.717) is 29.9 Å². The van der Waals surface area contributed by atoms with Gasteiger partial charge < -0.3 is 14.6 Å². The van der Waals surface area contributed by atoms with Gasteiger partial charge in [0.1, 0.15) is 22.0 Å².